The molecule has 0 spiro atoms. The Bertz CT molecular complexity index is 1450. The number of ether oxygens (including phenoxy) is 3. The average molecular weight is 525 g/mol. The van der Waals surface area contributed by atoms with E-state index in [1.807, 2.05) is 31.2 Å². The fraction of sp³-hybridized carbons (Fsp3) is 0.280. The number of pyridine rings is 1. The van der Waals surface area contributed by atoms with Gasteiger partial charge >= 0.3 is 0 Å². The molecule has 1 aromatic carbocycles. The van der Waals surface area contributed by atoms with E-state index < -0.39 is 0 Å². The van der Waals surface area contributed by atoms with Gasteiger partial charge in [0.05, 0.1) is 10.5 Å². The number of nitrogens with one attached hydrogen (secondary N) is 1. The minimum Gasteiger partial charge on any atom is -0.454 e. The molecular weight excluding hydrogens is 500 g/mol. The Kier molecular flexibility index (Phi) is 6.95. The molecule has 0 radical (unpaired) electrons. The zero-order chi connectivity index (χ0) is 25.2. The molecule has 0 saturated carbocycles. The van der Waals surface area contributed by atoms with Crippen molar-refractivity contribution in [2.24, 2.45) is 0 Å². The molecule has 4 heterocycles. The number of carbonyl (C=O) groups excluding carboxylic acids is 1. The summed E-state index contributed by atoms with van der Waals surface area (Å²) < 4.78 is 17.9. The molecule has 1 fully saturated rings. The predicted molar refractivity (Wildman–Crippen MR) is 142 cm³/mol. The Morgan fingerprint density at radius 3 is 2.89 bits per heavy atom. The first-order chi connectivity index (χ1) is 17.4. The van der Waals surface area contributed by atoms with Crippen molar-refractivity contribution in [2.45, 2.75) is 19.9 Å². The maximum absolute atomic E-state index is 13.6. The molecule has 1 N–H and O–H groups in total. The number of aromatic nitrogens is 2. The number of anilines is 1. The Hall–Kier alpha value is -3.41. The zero-order valence-corrected chi connectivity index (χ0v) is 21.4. The summed E-state index contributed by atoms with van der Waals surface area (Å²) in [4.78, 5) is 33.3. The monoisotopic (exact) mass is 524 g/mol. The topological polar surface area (TPSA) is 94.4 Å². The van der Waals surface area contributed by atoms with Crippen LogP contribution >= 0.6 is 24.0 Å². The molecule has 0 bridgehead atoms. The molecule has 9 nitrogen and oxygen atoms in total. The van der Waals surface area contributed by atoms with Crippen LogP contribution in [-0.4, -0.2) is 51.6 Å². The lowest BCUT2D eigenvalue weighted by Crippen LogP contribution is -2.29. The van der Waals surface area contributed by atoms with Crippen LogP contribution in [0, 0.1) is 6.92 Å². The summed E-state index contributed by atoms with van der Waals surface area (Å²) in [6.07, 6.45) is 3.99. The van der Waals surface area contributed by atoms with Crippen molar-refractivity contribution < 1.29 is 19.0 Å². The molecule has 2 aliphatic heterocycles. The van der Waals surface area contributed by atoms with Crippen LogP contribution in [0.25, 0.3) is 11.7 Å². The van der Waals surface area contributed by atoms with Crippen molar-refractivity contribution in [2.75, 3.05) is 32.4 Å². The maximum atomic E-state index is 13.6. The van der Waals surface area contributed by atoms with Crippen molar-refractivity contribution in [3.05, 3.63) is 68.5 Å². The largest absolute Gasteiger partial charge is 0.454 e. The van der Waals surface area contributed by atoms with Crippen molar-refractivity contribution in [1.82, 2.24) is 14.3 Å². The number of thiocarbonyl (C=S) groups is 1. The first-order valence-corrected chi connectivity index (χ1v) is 12.6. The third-order valence-corrected chi connectivity index (χ3v) is 7.16. The summed E-state index contributed by atoms with van der Waals surface area (Å²) in [6, 6.07) is 9.34. The molecule has 0 atom stereocenters. The highest BCUT2D eigenvalue weighted by molar-refractivity contribution is 8.26. The quantitative estimate of drug-likeness (QED) is 0.270. The second kappa shape index (κ2) is 10.3. The SMILES string of the molecule is COCCCN1C(=O)C(=Cc2c(NCc3ccc4c(c3)OCO4)nc3ccc(C)cn3c2=O)SC1=S. The predicted octanol–water partition coefficient (Wildman–Crippen LogP) is 3.58. The number of hydrogen-bond acceptors (Lipinski definition) is 9. The molecule has 1 saturated heterocycles. The molecular formula is C25H24N4O5S2. The van der Waals surface area contributed by atoms with Gasteiger partial charge in [-0.1, -0.05) is 36.1 Å². The lowest BCUT2D eigenvalue weighted by atomic mass is 10.2. The van der Waals surface area contributed by atoms with Crippen LogP contribution in [-0.2, 0) is 16.1 Å². The molecule has 36 heavy (non-hydrogen) atoms. The first-order valence-electron chi connectivity index (χ1n) is 11.3. The van der Waals surface area contributed by atoms with Crippen LogP contribution < -0.4 is 20.3 Å². The normalized spacial score (nSPS) is 15.9. The maximum Gasteiger partial charge on any atom is 0.267 e. The second-order valence-electron chi connectivity index (χ2n) is 8.33. The van der Waals surface area contributed by atoms with Gasteiger partial charge in [0.15, 0.2) is 11.5 Å². The van der Waals surface area contributed by atoms with Crippen molar-refractivity contribution in [3.8, 4) is 11.5 Å². The van der Waals surface area contributed by atoms with Gasteiger partial charge in [0.2, 0.25) is 6.79 Å². The Labute approximate surface area is 217 Å². The molecule has 5 rings (SSSR count). The van der Waals surface area contributed by atoms with E-state index in [0.29, 0.717) is 58.3 Å². The number of fused-ring (bicyclic) bond motifs is 2. The van der Waals surface area contributed by atoms with Crippen LogP contribution in [0.2, 0.25) is 0 Å². The number of methoxy groups -OCH3 is 1. The smallest absolute Gasteiger partial charge is 0.267 e. The molecule has 2 aliphatic rings. The third kappa shape index (κ3) is 4.81. The number of nitrogens with zero attached hydrogens (tertiary/aromatic N) is 3. The minimum atomic E-state index is -0.276. The number of aryl methyl sites for hydroxylation is 1. The van der Waals surface area contributed by atoms with Gasteiger partial charge < -0.3 is 19.5 Å². The van der Waals surface area contributed by atoms with Gasteiger partial charge in [-0.3, -0.25) is 18.9 Å². The fourth-order valence-electron chi connectivity index (χ4n) is 3.95. The van der Waals surface area contributed by atoms with E-state index in [4.69, 9.17) is 31.4 Å². The van der Waals surface area contributed by atoms with E-state index in [2.05, 4.69) is 5.32 Å². The van der Waals surface area contributed by atoms with Gasteiger partial charge in [-0.05, 0) is 48.7 Å². The van der Waals surface area contributed by atoms with E-state index in [-0.39, 0.29) is 23.8 Å². The Balaban J connectivity index is 1.50. The third-order valence-electron chi connectivity index (χ3n) is 5.78. The summed E-state index contributed by atoms with van der Waals surface area (Å²) >= 11 is 6.61. The van der Waals surface area contributed by atoms with Crippen molar-refractivity contribution in [3.63, 3.8) is 0 Å². The van der Waals surface area contributed by atoms with Gasteiger partial charge in [-0.15, -0.1) is 0 Å². The van der Waals surface area contributed by atoms with Crippen LogP contribution in [0.1, 0.15) is 23.1 Å². The molecule has 11 heteroatoms. The Morgan fingerprint density at radius 1 is 1.22 bits per heavy atom. The van der Waals surface area contributed by atoms with Crippen LogP contribution in [0.3, 0.4) is 0 Å². The molecule has 0 aliphatic carbocycles. The Morgan fingerprint density at radius 2 is 2.06 bits per heavy atom. The van der Waals surface area contributed by atoms with E-state index in [1.165, 1.54) is 16.2 Å². The van der Waals surface area contributed by atoms with Gasteiger partial charge in [0.1, 0.15) is 15.8 Å². The highest BCUT2D eigenvalue weighted by Gasteiger charge is 2.32. The van der Waals surface area contributed by atoms with E-state index in [1.54, 1.807) is 30.3 Å². The van der Waals surface area contributed by atoms with Crippen molar-refractivity contribution >= 4 is 51.7 Å². The number of thioether (sulfide) groups is 1. The second-order valence-corrected chi connectivity index (χ2v) is 10.0. The lowest BCUT2D eigenvalue weighted by Gasteiger charge is -2.14. The van der Waals surface area contributed by atoms with E-state index in [0.717, 1.165) is 11.1 Å². The molecule has 3 aromatic rings. The lowest BCUT2D eigenvalue weighted by molar-refractivity contribution is -0.122. The zero-order valence-electron chi connectivity index (χ0n) is 19.8. The summed E-state index contributed by atoms with van der Waals surface area (Å²) in [5.74, 6) is 1.53. The van der Waals surface area contributed by atoms with Gasteiger partial charge in [-0.2, -0.15) is 0 Å². The summed E-state index contributed by atoms with van der Waals surface area (Å²) in [5, 5.41) is 3.27. The first kappa shape index (κ1) is 24.3. The van der Waals surface area contributed by atoms with Crippen LogP contribution in [0.4, 0.5) is 5.82 Å². The number of carbonyl (C=O) groups is 1. The van der Waals surface area contributed by atoms with E-state index >= 15 is 0 Å². The number of hydrogen-bond donors (Lipinski definition) is 1. The van der Waals surface area contributed by atoms with Crippen molar-refractivity contribution in [1.29, 1.82) is 0 Å². The van der Waals surface area contributed by atoms with Gasteiger partial charge in [0, 0.05) is 33.0 Å². The summed E-state index contributed by atoms with van der Waals surface area (Å²) in [6.45, 7) is 3.48. The summed E-state index contributed by atoms with van der Waals surface area (Å²) in [5.41, 5.74) is 2.37. The number of benzene rings is 1. The van der Waals surface area contributed by atoms with Crippen LogP contribution in [0.5, 0.6) is 11.5 Å². The highest BCUT2D eigenvalue weighted by Crippen LogP contribution is 2.34. The number of amides is 1. The minimum absolute atomic E-state index is 0.197. The number of rotatable bonds is 8. The van der Waals surface area contributed by atoms with E-state index in [9.17, 15) is 9.59 Å². The molecule has 186 valence electrons. The van der Waals surface area contributed by atoms with Gasteiger partial charge in [0.25, 0.3) is 11.5 Å². The standard InChI is InChI=1S/C25H24N4O5S2/c1-15-4-7-21-27-22(26-12-16-5-6-18-19(10-16)34-14-33-18)17(23(30)29(21)13-15)11-20-24(31)28(25(35)36-20)8-3-9-32-2/h4-7,10-11,13,26H,3,8-9,12,14H2,1-2H3. The average Bonchev–Trinajstić information content (AvgIpc) is 3.44. The molecule has 1 amide bonds. The van der Waals surface area contributed by atoms with Crippen LogP contribution in [0.15, 0.2) is 46.2 Å². The van der Waals surface area contributed by atoms with Gasteiger partial charge in [-0.25, -0.2) is 4.98 Å². The molecule has 0 unspecified atom stereocenters. The summed E-state index contributed by atoms with van der Waals surface area (Å²) in [7, 11) is 1.62. The highest BCUT2D eigenvalue weighted by atomic mass is 32.2. The molecule has 2 aromatic heterocycles. The fourth-order valence-corrected chi connectivity index (χ4v) is 5.24.